The highest BCUT2D eigenvalue weighted by atomic mass is 32.1. The van der Waals surface area contributed by atoms with Gasteiger partial charge < -0.3 is 14.5 Å². The highest BCUT2D eigenvalue weighted by Crippen LogP contribution is 2.22. The Kier molecular flexibility index (Phi) is 5.86. The molecule has 1 aliphatic rings. The molecule has 29 heavy (non-hydrogen) atoms. The van der Waals surface area contributed by atoms with Crippen LogP contribution in [0.2, 0.25) is 0 Å². The predicted molar refractivity (Wildman–Crippen MR) is 111 cm³/mol. The first kappa shape index (κ1) is 19.1. The molecule has 6 nitrogen and oxygen atoms in total. The van der Waals surface area contributed by atoms with Gasteiger partial charge in [0.15, 0.2) is 0 Å². The van der Waals surface area contributed by atoms with Crippen LogP contribution in [-0.2, 0) is 6.61 Å². The number of aromatic nitrogens is 1. The zero-order valence-electron chi connectivity index (χ0n) is 15.9. The topological polar surface area (TPSA) is 62.7 Å². The van der Waals surface area contributed by atoms with Gasteiger partial charge in [0.25, 0.3) is 11.8 Å². The Balaban J connectivity index is 1.39. The largest absolute Gasteiger partial charge is 0.486 e. The highest BCUT2D eigenvalue weighted by Gasteiger charge is 2.26. The van der Waals surface area contributed by atoms with Gasteiger partial charge in [0.2, 0.25) is 0 Å². The maximum atomic E-state index is 13.1. The Morgan fingerprint density at radius 2 is 1.55 bits per heavy atom. The fourth-order valence-corrected chi connectivity index (χ4v) is 3.82. The summed E-state index contributed by atoms with van der Waals surface area (Å²) >= 11 is 1.51. The summed E-state index contributed by atoms with van der Waals surface area (Å²) in [5.74, 6) is 0.476. The minimum Gasteiger partial charge on any atom is -0.486 e. The van der Waals surface area contributed by atoms with Crippen LogP contribution >= 0.6 is 11.3 Å². The van der Waals surface area contributed by atoms with Crippen LogP contribution in [-0.4, -0.2) is 52.8 Å². The van der Waals surface area contributed by atoms with Gasteiger partial charge in [-0.25, -0.2) is 4.98 Å². The molecule has 1 fully saturated rings. The number of nitrogens with zero attached hydrogens (tertiary/aromatic N) is 3. The SMILES string of the molecule is O=C(c1ccccc1)N1CCN(C(=O)c2ccccc2OCc2cscn2)CC1. The summed E-state index contributed by atoms with van der Waals surface area (Å²) in [5, 5.41) is 1.92. The molecule has 0 unspecified atom stereocenters. The van der Waals surface area contributed by atoms with Crippen LogP contribution in [0.3, 0.4) is 0 Å². The van der Waals surface area contributed by atoms with Gasteiger partial charge in [-0.2, -0.15) is 0 Å². The number of carbonyl (C=O) groups is 2. The molecular formula is C22H21N3O3S. The maximum Gasteiger partial charge on any atom is 0.257 e. The number of amides is 2. The number of thiazole rings is 1. The number of para-hydroxylation sites is 1. The lowest BCUT2D eigenvalue weighted by atomic mass is 10.1. The van der Waals surface area contributed by atoms with E-state index in [4.69, 9.17) is 4.74 Å². The molecule has 4 rings (SSSR count). The van der Waals surface area contributed by atoms with Crippen molar-refractivity contribution in [2.45, 2.75) is 6.61 Å². The molecular weight excluding hydrogens is 386 g/mol. The molecule has 0 N–H and O–H groups in total. The molecule has 7 heteroatoms. The predicted octanol–water partition coefficient (Wildman–Crippen LogP) is 3.32. The second-order valence-corrected chi connectivity index (χ2v) is 7.43. The van der Waals surface area contributed by atoms with E-state index >= 15 is 0 Å². The Morgan fingerprint density at radius 1 is 0.897 bits per heavy atom. The summed E-state index contributed by atoms with van der Waals surface area (Å²) in [5.41, 5.74) is 3.80. The van der Waals surface area contributed by atoms with E-state index in [0.29, 0.717) is 49.7 Å². The third kappa shape index (κ3) is 4.46. The van der Waals surface area contributed by atoms with Crippen molar-refractivity contribution < 1.29 is 14.3 Å². The third-order valence-electron chi connectivity index (χ3n) is 4.85. The summed E-state index contributed by atoms with van der Waals surface area (Å²) in [7, 11) is 0. The van der Waals surface area contributed by atoms with Crippen molar-refractivity contribution in [3.63, 3.8) is 0 Å². The first-order chi connectivity index (χ1) is 14.2. The molecule has 0 saturated carbocycles. The van der Waals surface area contributed by atoms with E-state index in [2.05, 4.69) is 4.98 Å². The molecule has 1 saturated heterocycles. The number of hydrogen-bond acceptors (Lipinski definition) is 5. The Bertz CT molecular complexity index is 968. The van der Waals surface area contributed by atoms with Gasteiger partial charge in [-0.1, -0.05) is 30.3 Å². The van der Waals surface area contributed by atoms with Crippen LogP contribution in [0.5, 0.6) is 5.75 Å². The van der Waals surface area contributed by atoms with Crippen LogP contribution < -0.4 is 4.74 Å². The van der Waals surface area contributed by atoms with Crippen molar-refractivity contribution in [1.29, 1.82) is 0 Å². The Labute approximate surface area is 173 Å². The van der Waals surface area contributed by atoms with E-state index in [1.165, 1.54) is 11.3 Å². The van der Waals surface area contributed by atoms with E-state index in [1.54, 1.807) is 27.4 Å². The standard InChI is InChI=1S/C22H21N3O3S/c26-21(17-6-2-1-3-7-17)24-10-12-25(13-11-24)22(27)19-8-4-5-9-20(19)28-14-18-15-29-16-23-18/h1-9,15-16H,10-14H2. The zero-order chi connectivity index (χ0) is 20.1. The van der Waals surface area contributed by atoms with Crippen molar-refractivity contribution in [3.8, 4) is 5.75 Å². The lowest BCUT2D eigenvalue weighted by Crippen LogP contribution is -2.50. The molecule has 1 aromatic heterocycles. The highest BCUT2D eigenvalue weighted by molar-refractivity contribution is 7.07. The van der Waals surface area contributed by atoms with Crippen LogP contribution in [0.15, 0.2) is 65.5 Å². The first-order valence-corrected chi connectivity index (χ1v) is 10.4. The number of ether oxygens (including phenoxy) is 1. The third-order valence-corrected chi connectivity index (χ3v) is 5.49. The molecule has 2 aromatic carbocycles. The summed E-state index contributed by atoms with van der Waals surface area (Å²) in [4.78, 5) is 33.4. The average Bonchev–Trinajstić information content (AvgIpc) is 3.31. The monoisotopic (exact) mass is 407 g/mol. The molecule has 0 aliphatic carbocycles. The van der Waals surface area contributed by atoms with E-state index in [9.17, 15) is 9.59 Å². The zero-order valence-corrected chi connectivity index (χ0v) is 16.7. The molecule has 1 aliphatic heterocycles. The van der Waals surface area contributed by atoms with E-state index in [1.807, 2.05) is 47.8 Å². The number of carbonyl (C=O) groups excluding carboxylic acids is 2. The number of benzene rings is 2. The van der Waals surface area contributed by atoms with Crippen LogP contribution in [0.1, 0.15) is 26.4 Å². The Morgan fingerprint density at radius 3 is 2.24 bits per heavy atom. The van der Waals surface area contributed by atoms with E-state index < -0.39 is 0 Å². The summed E-state index contributed by atoms with van der Waals surface area (Å²) in [6, 6.07) is 16.5. The number of piperazine rings is 1. The molecule has 0 atom stereocenters. The molecule has 2 heterocycles. The van der Waals surface area contributed by atoms with Gasteiger partial charge in [-0.05, 0) is 24.3 Å². The first-order valence-electron chi connectivity index (χ1n) is 9.45. The Hall–Kier alpha value is -3.19. The fourth-order valence-electron chi connectivity index (χ4n) is 3.28. The van der Waals surface area contributed by atoms with Crippen LogP contribution in [0.25, 0.3) is 0 Å². The summed E-state index contributed by atoms with van der Waals surface area (Å²) < 4.78 is 5.84. The minimum atomic E-state index is -0.0781. The van der Waals surface area contributed by atoms with Gasteiger partial charge >= 0.3 is 0 Å². The second kappa shape index (κ2) is 8.87. The van der Waals surface area contributed by atoms with Crippen molar-refractivity contribution in [2.75, 3.05) is 26.2 Å². The van der Waals surface area contributed by atoms with Crippen LogP contribution in [0, 0.1) is 0 Å². The van der Waals surface area contributed by atoms with E-state index in [0.717, 1.165) is 5.69 Å². The average molecular weight is 407 g/mol. The number of hydrogen-bond donors (Lipinski definition) is 0. The summed E-state index contributed by atoms with van der Waals surface area (Å²) in [6.07, 6.45) is 0. The summed E-state index contributed by atoms with van der Waals surface area (Å²) in [6.45, 7) is 2.35. The second-order valence-electron chi connectivity index (χ2n) is 6.72. The quantitative estimate of drug-likeness (QED) is 0.651. The van der Waals surface area contributed by atoms with Crippen molar-refractivity contribution in [1.82, 2.24) is 14.8 Å². The molecule has 0 spiro atoms. The molecule has 0 radical (unpaired) electrons. The molecule has 3 aromatic rings. The molecule has 2 amide bonds. The smallest absolute Gasteiger partial charge is 0.257 e. The molecule has 148 valence electrons. The van der Waals surface area contributed by atoms with Gasteiger partial charge in [0, 0.05) is 37.1 Å². The normalized spacial score (nSPS) is 13.9. The van der Waals surface area contributed by atoms with Gasteiger partial charge in [0.05, 0.1) is 16.8 Å². The van der Waals surface area contributed by atoms with Gasteiger partial charge in [0.1, 0.15) is 12.4 Å². The lowest BCUT2D eigenvalue weighted by Gasteiger charge is -2.35. The van der Waals surface area contributed by atoms with Crippen LogP contribution in [0.4, 0.5) is 0 Å². The van der Waals surface area contributed by atoms with E-state index in [-0.39, 0.29) is 11.8 Å². The lowest BCUT2D eigenvalue weighted by molar-refractivity contribution is 0.0533. The molecule has 0 bridgehead atoms. The number of rotatable bonds is 5. The fraction of sp³-hybridized carbons (Fsp3) is 0.227. The van der Waals surface area contributed by atoms with Gasteiger partial charge in [-0.15, -0.1) is 11.3 Å². The maximum absolute atomic E-state index is 13.1. The minimum absolute atomic E-state index is 0.00435. The van der Waals surface area contributed by atoms with Crippen molar-refractivity contribution in [2.24, 2.45) is 0 Å². The van der Waals surface area contributed by atoms with Crippen molar-refractivity contribution in [3.05, 3.63) is 82.3 Å². The van der Waals surface area contributed by atoms with Gasteiger partial charge in [-0.3, -0.25) is 9.59 Å². The van der Waals surface area contributed by atoms with Crippen molar-refractivity contribution >= 4 is 23.2 Å².